The minimum Gasteiger partial charge on any atom is -0.437 e. The van der Waals surface area contributed by atoms with Crippen LogP contribution in [0.1, 0.15) is 129 Å². The van der Waals surface area contributed by atoms with Gasteiger partial charge in [-0.1, -0.05) is 56.2 Å². The van der Waals surface area contributed by atoms with Crippen molar-refractivity contribution in [2.75, 3.05) is 0 Å². The largest absolute Gasteiger partial charge is 0.437 e. The van der Waals surface area contributed by atoms with Crippen molar-refractivity contribution in [3.63, 3.8) is 0 Å². The van der Waals surface area contributed by atoms with Gasteiger partial charge >= 0.3 is 0 Å². The number of aromatic nitrogens is 10. The SMILES string of the molecule is Cc1ccc(-c2c(C)ccc3c2oc2nc(C)ccc23)[n+](C)c1.Cc1ccc2c(n1)oc1c(-c3cccc[n+]3C)c(C)ccc12.[2H]C([2H])([2H])c1c[n+](C)c(-c2c(C)cc(C([2H])([2H])[2H])c3c2oc2ncccc23)cc1C.[2H]C([2H])([2H])c1cc(C)c(-c2cc(C([2H])(C)C([2H])([2H])[2H])cc[n+]2C)c2oc3ncccc3c12.[2H]C([2H])([2H])c1ccc(-c2c(C)cc(C([2H])([2H])[2H])c3c2oc2ncccc23)[n+](C)c1. The third kappa shape index (κ3) is 14.3. The van der Waals surface area contributed by atoms with Crippen molar-refractivity contribution in [1.29, 1.82) is 0 Å². The fraction of sp³-hybridized carbons (Fsp3) is 0.216. The molecule has 0 bridgehead atoms. The average Bonchev–Trinajstić information content (AvgIpc) is 1.57. The Morgan fingerprint density at radius 1 is 0.308 bits per heavy atom. The van der Waals surface area contributed by atoms with Crippen LogP contribution in [-0.4, -0.2) is 24.9 Å². The molecule has 20 rings (SSSR count). The number of benzene rings is 5. The van der Waals surface area contributed by atoms with Gasteiger partial charge in [0.05, 0.1) is 27.8 Å². The normalized spacial score (nSPS) is 15.1. The van der Waals surface area contributed by atoms with Gasteiger partial charge in [-0.25, -0.2) is 47.8 Å². The van der Waals surface area contributed by atoms with Crippen LogP contribution < -0.4 is 22.8 Å². The molecule has 0 spiro atoms. The second kappa shape index (κ2) is 31.1. The van der Waals surface area contributed by atoms with Crippen molar-refractivity contribution in [1.82, 2.24) is 24.9 Å². The number of hydrogen-bond donors (Lipinski definition) is 0. The van der Waals surface area contributed by atoms with E-state index in [1.807, 2.05) is 45.9 Å². The maximum Gasteiger partial charge on any atom is 0.227 e. The van der Waals surface area contributed by atoms with Gasteiger partial charge in [-0.2, -0.15) is 0 Å². The van der Waals surface area contributed by atoms with E-state index >= 15 is 0 Å². The molecule has 20 aromatic rings. The summed E-state index contributed by atoms with van der Waals surface area (Å²) in [5, 5.41) is 7.73. The molecule has 0 fully saturated rings. The van der Waals surface area contributed by atoms with Crippen molar-refractivity contribution in [2.24, 2.45) is 35.2 Å². The number of nitrogens with zero attached hydrogens (tertiary/aromatic N) is 10. The molecule has 0 aliphatic carbocycles. The van der Waals surface area contributed by atoms with Gasteiger partial charge in [-0.05, 0) is 237 Å². The van der Waals surface area contributed by atoms with E-state index in [-0.39, 0.29) is 27.8 Å². The first-order valence-corrected chi connectivity index (χ1v) is 38.3. The summed E-state index contributed by atoms with van der Waals surface area (Å²) in [6.07, 6.45) is 13.8. The standard InChI is InChI=1S/C22H23N2O.C21H21N2O.2C20H19N2O.C19H17N2O/c1-13(2)16-8-10-24(5)18(12-16)20-15(4)11-14(3)19-17-7-6-9-23-22(17)25-21(19)20;1-12-10-17(23(5)11-15(12)4)19-14(3)9-13(2)18-16-7-6-8-22-21(16)24-20(18)19;1-12-5-10-17(22(4)11-12)18-13(2)6-8-15-16-9-7-14(3)21-20(16)23-19(15)18;1-12-7-8-16(22(4)11-12)18-14(3)10-13(2)17-15-6-5-9-21-20(15)23-19(17)18;1-12-7-9-14-15-10-8-13(2)20-19(15)22-18(14)17(12)16-6-4-5-11-21(16)3/h6-13H,1-5H3;6-11H,1-5H3;2*5-11H,1-4H3;4-11H,1-3H3/q5*+1/i1D3,3D3,13D;2D3,4D3;;1D3,2D3;. The lowest BCUT2D eigenvalue weighted by Gasteiger charge is -2.10. The fourth-order valence-electron chi connectivity index (χ4n) is 15.9. The predicted octanol–water partition coefficient (Wildman–Crippen LogP) is 22.8. The third-order valence-corrected chi connectivity index (χ3v) is 21.7. The van der Waals surface area contributed by atoms with E-state index in [9.17, 15) is 0 Å². The minimum atomic E-state index is -2.52. The summed E-state index contributed by atoms with van der Waals surface area (Å²) in [4.78, 5) is 21.8. The van der Waals surface area contributed by atoms with Crippen molar-refractivity contribution in [3.05, 3.63) is 297 Å². The maximum absolute atomic E-state index is 8.49. The number of pyridine rings is 10. The fourth-order valence-corrected chi connectivity index (χ4v) is 15.9. The molecule has 582 valence electrons. The maximum atomic E-state index is 8.49. The molecule has 15 heteroatoms. The molecule has 15 heterocycles. The van der Waals surface area contributed by atoms with Crippen LogP contribution in [0.4, 0.5) is 0 Å². The molecular weight excluding hydrogens is 1450 g/mol. The molecular formula is C102H99N10O5+5. The Labute approximate surface area is 708 Å². The molecule has 0 saturated carbocycles. The molecule has 0 amide bonds. The molecule has 0 aliphatic heterocycles. The van der Waals surface area contributed by atoms with Gasteiger partial charge < -0.3 is 22.1 Å². The van der Waals surface area contributed by atoms with E-state index in [0.29, 0.717) is 111 Å². The highest BCUT2D eigenvalue weighted by atomic mass is 16.4. The number of hydrogen-bond acceptors (Lipinski definition) is 10. The molecule has 5 aromatic carbocycles. The molecule has 0 aliphatic rings. The molecule has 0 N–H and O–H groups in total. The van der Waals surface area contributed by atoms with Crippen LogP contribution in [0, 0.1) is 96.6 Å². The molecule has 117 heavy (non-hydrogen) atoms. The van der Waals surface area contributed by atoms with Gasteiger partial charge in [0, 0.05) is 169 Å². The van der Waals surface area contributed by atoms with E-state index in [1.165, 1.54) is 23.6 Å². The summed E-state index contributed by atoms with van der Waals surface area (Å²) in [5.41, 5.74) is 24.0. The second-order valence-corrected chi connectivity index (χ2v) is 30.1. The van der Waals surface area contributed by atoms with Crippen LogP contribution >= 0.6 is 0 Å². The minimum absolute atomic E-state index is 0.173. The van der Waals surface area contributed by atoms with Gasteiger partial charge in [0.15, 0.2) is 58.9 Å². The molecule has 15 nitrogen and oxygen atoms in total. The monoisotopic (exact) mass is 1560 g/mol. The Morgan fingerprint density at radius 3 is 1.17 bits per heavy atom. The number of aryl methyl sites for hydroxylation is 19. The van der Waals surface area contributed by atoms with Gasteiger partial charge in [0.2, 0.25) is 57.0 Å². The Kier molecular flexibility index (Phi) is 15.3. The lowest BCUT2D eigenvalue weighted by Crippen LogP contribution is -2.31. The first kappa shape index (κ1) is 57.6. The highest BCUT2D eigenvalue weighted by Gasteiger charge is 2.29. The van der Waals surface area contributed by atoms with E-state index in [0.717, 1.165) is 94.7 Å². The van der Waals surface area contributed by atoms with Crippen LogP contribution in [0.5, 0.6) is 0 Å². The number of furan rings is 5. The smallest absolute Gasteiger partial charge is 0.227 e. The zero-order chi connectivity index (χ0) is 98.2. The first-order chi connectivity index (χ1) is 63.8. The summed E-state index contributed by atoms with van der Waals surface area (Å²) < 4.78 is 190. The topological polar surface area (TPSA) is 150 Å². The third-order valence-electron chi connectivity index (χ3n) is 21.7. The van der Waals surface area contributed by atoms with Crippen molar-refractivity contribution in [2.45, 2.75) is 116 Å². The molecule has 1 atom stereocenters. The number of fused-ring (bicyclic) bond motifs is 15. The summed E-state index contributed by atoms with van der Waals surface area (Å²) in [5.74, 6) is -1.82. The molecule has 1 unspecified atom stereocenters. The van der Waals surface area contributed by atoms with Crippen LogP contribution in [-0.2, 0) is 35.2 Å². The lowest BCUT2D eigenvalue weighted by molar-refractivity contribution is -0.660. The Bertz CT molecular complexity index is 8190. The Hall–Kier alpha value is -13.4. The number of rotatable bonds is 6. The highest BCUT2D eigenvalue weighted by Crippen LogP contribution is 2.44. The van der Waals surface area contributed by atoms with E-state index in [1.54, 1.807) is 171 Å². The highest BCUT2D eigenvalue weighted by molar-refractivity contribution is 6.14. The summed E-state index contributed by atoms with van der Waals surface area (Å²) in [6, 6.07) is 51.2. The predicted molar refractivity (Wildman–Crippen MR) is 471 cm³/mol. The molecule has 0 radical (unpaired) electrons. The van der Waals surface area contributed by atoms with Gasteiger partial charge in [0.1, 0.15) is 35.2 Å². The van der Waals surface area contributed by atoms with Gasteiger partial charge in [-0.15, -0.1) is 0 Å². The van der Waals surface area contributed by atoms with E-state index in [4.69, 9.17) is 48.1 Å². The van der Waals surface area contributed by atoms with Crippen molar-refractivity contribution < 1.29 is 71.0 Å². The quantitative estimate of drug-likeness (QED) is 0.147. The summed E-state index contributed by atoms with van der Waals surface area (Å²) >= 11 is 0. The lowest BCUT2D eigenvalue weighted by atomic mass is 9.95. The van der Waals surface area contributed by atoms with Crippen molar-refractivity contribution >= 4 is 110 Å². The van der Waals surface area contributed by atoms with Crippen LogP contribution in [0.2, 0.25) is 0 Å². The summed E-state index contributed by atoms with van der Waals surface area (Å²) in [6.45, 7) is 4.92. The Balaban J connectivity index is 0.000000124. The van der Waals surface area contributed by atoms with Crippen molar-refractivity contribution in [3.8, 4) is 56.3 Å². The van der Waals surface area contributed by atoms with E-state index in [2.05, 4.69) is 142 Å². The molecule has 15 aromatic heterocycles. The first-order valence-electron chi connectivity index (χ1n) is 47.8. The van der Waals surface area contributed by atoms with Crippen LogP contribution in [0.15, 0.2) is 235 Å². The zero-order valence-electron chi connectivity index (χ0n) is 86.7. The summed E-state index contributed by atoms with van der Waals surface area (Å²) in [7, 11) is 9.46. The van der Waals surface area contributed by atoms with Crippen LogP contribution in [0.3, 0.4) is 0 Å². The second-order valence-electron chi connectivity index (χ2n) is 30.1. The Morgan fingerprint density at radius 2 is 0.718 bits per heavy atom. The zero-order valence-corrected chi connectivity index (χ0v) is 67.7. The van der Waals surface area contributed by atoms with E-state index < -0.39 is 47.0 Å². The molecule has 0 saturated heterocycles. The van der Waals surface area contributed by atoms with Crippen LogP contribution in [0.25, 0.3) is 167 Å². The van der Waals surface area contributed by atoms with Gasteiger partial charge in [-0.3, -0.25) is 0 Å². The average molecular weight is 1560 g/mol. The van der Waals surface area contributed by atoms with Gasteiger partial charge in [0.25, 0.3) is 0 Å².